The van der Waals surface area contributed by atoms with Crippen LogP contribution in [0.5, 0.6) is 0 Å². The second-order valence-electron chi connectivity index (χ2n) is 5.22. The Morgan fingerprint density at radius 3 is 2.04 bits per heavy atom. The maximum Gasteiger partial charge on any atom is 0.320 e. The summed E-state index contributed by atoms with van der Waals surface area (Å²) < 4.78 is 0. The fraction of sp³-hybridized carbons (Fsp3) is 0.438. The van der Waals surface area contributed by atoms with Crippen molar-refractivity contribution >= 4 is 17.9 Å². The molecule has 25 heavy (non-hydrogen) atoms. The van der Waals surface area contributed by atoms with Gasteiger partial charge in [0.05, 0.1) is 6.54 Å². The van der Waals surface area contributed by atoms with Crippen LogP contribution in [0, 0.1) is 0 Å². The number of aliphatic carboxylic acids is 3. The van der Waals surface area contributed by atoms with Crippen LogP contribution in [0.3, 0.4) is 0 Å². The van der Waals surface area contributed by atoms with Crippen molar-refractivity contribution in [2.45, 2.75) is 31.3 Å². The van der Waals surface area contributed by atoms with E-state index >= 15 is 0 Å². The number of carboxylic acid groups (broad SMARTS) is 3. The Hall–Kier alpha value is -2.49. The van der Waals surface area contributed by atoms with Gasteiger partial charge in [-0.25, -0.2) is 0 Å². The summed E-state index contributed by atoms with van der Waals surface area (Å²) in [5.74, 6) is -2.65. The zero-order chi connectivity index (χ0) is 19.2. The van der Waals surface area contributed by atoms with Crippen molar-refractivity contribution in [3.8, 4) is 0 Å². The minimum atomic E-state index is -0.968. The number of hydrogen-bond acceptors (Lipinski definition) is 6. The van der Waals surface area contributed by atoms with Gasteiger partial charge in [-0.05, 0) is 31.4 Å². The van der Waals surface area contributed by atoms with Gasteiger partial charge in [0.2, 0.25) is 0 Å². The molecule has 2 rings (SSSR count). The summed E-state index contributed by atoms with van der Waals surface area (Å²) in [6, 6.07) is 8.28. The standard InChI is InChI=1S/C9H11NO2.C5H9NO2.C2H5NO2/c10-8(9(11)12)6-7-4-2-1-3-5-7;7-5(8)4-2-1-3-6-4;3-1-2(4)5/h1-5,8H,6,10H2,(H,11,12);4,6H,1-3H2,(H,7,8);1,3H2,(H,4,5)/t8-;4-;/m00./s1. The normalized spacial score (nSPS) is 16.5. The second kappa shape index (κ2) is 12.9. The minimum absolute atomic E-state index is 0.269. The van der Waals surface area contributed by atoms with Crippen molar-refractivity contribution in [1.82, 2.24) is 5.32 Å². The van der Waals surface area contributed by atoms with E-state index in [1.165, 1.54) is 0 Å². The summed E-state index contributed by atoms with van der Waals surface area (Å²) in [7, 11) is 0. The number of hydrogen-bond donors (Lipinski definition) is 6. The number of rotatable bonds is 5. The van der Waals surface area contributed by atoms with E-state index in [0.717, 1.165) is 24.9 Å². The van der Waals surface area contributed by atoms with Crippen molar-refractivity contribution in [1.29, 1.82) is 0 Å². The van der Waals surface area contributed by atoms with Gasteiger partial charge in [0.15, 0.2) is 0 Å². The monoisotopic (exact) mass is 355 g/mol. The van der Waals surface area contributed by atoms with Gasteiger partial charge in [0.25, 0.3) is 0 Å². The van der Waals surface area contributed by atoms with E-state index in [1.807, 2.05) is 30.3 Å². The molecular weight excluding hydrogens is 330 g/mol. The molecule has 140 valence electrons. The maximum absolute atomic E-state index is 10.4. The molecule has 0 aromatic heterocycles. The molecule has 0 bridgehead atoms. The quantitative estimate of drug-likeness (QED) is 0.406. The number of benzene rings is 1. The molecule has 1 saturated heterocycles. The second-order valence-corrected chi connectivity index (χ2v) is 5.22. The molecule has 0 saturated carbocycles. The molecule has 8 N–H and O–H groups in total. The van der Waals surface area contributed by atoms with Gasteiger partial charge in [-0.15, -0.1) is 0 Å². The molecular formula is C16H25N3O6. The van der Waals surface area contributed by atoms with Gasteiger partial charge < -0.3 is 32.1 Å². The van der Waals surface area contributed by atoms with Crippen molar-refractivity contribution in [2.75, 3.05) is 13.1 Å². The third kappa shape index (κ3) is 11.7. The third-order valence-electron chi connectivity index (χ3n) is 3.15. The molecule has 0 spiro atoms. The zero-order valence-corrected chi connectivity index (χ0v) is 13.8. The average molecular weight is 355 g/mol. The Labute approximate surface area is 145 Å². The molecule has 0 amide bonds. The lowest BCUT2D eigenvalue weighted by atomic mass is 10.1. The van der Waals surface area contributed by atoms with E-state index < -0.39 is 23.9 Å². The van der Waals surface area contributed by atoms with Gasteiger partial charge >= 0.3 is 17.9 Å². The molecule has 1 fully saturated rings. The fourth-order valence-corrected chi connectivity index (χ4v) is 1.85. The highest BCUT2D eigenvalue weighted by Crippen LogP contribution is 2.03. The molecule has 1 aromatic rings. The number of carbonyl (C=O) groups is 3. The minimum Gasteiger partial charge on any atom is -0.480 e. The number of carboxylic acids is 3. The molecule has 0 unspecified atom stereocenters. The molecule has 1 aliphatic rings. The van der Waals surface area contributed by atoms with Crippen molar-refractivity contribution in [3.63, 3.8) is 0 Å². The van der Waals surface area contributed by atoms with E-state index in [1.54, 1.807) is 0 Å². The van der Waals surface area contributed by atoms with Crippen LogP contribution in [0.1, 0.15) is 18.4 Å². The molecule has 9 nitrogen and oxygen atoms in total. The lowest BCUT2D eigenvalue weighted by molar-refractivity contribution is -0.139. The molecule has 0 aliphatic carbocycles. The highest BCUT2D eigenvalue weighted by Gasteiger charge is 2.20. The van der Waals surface area contributed by atoms with Crippen molar-refractivity contribution in [2.24, 2.45) is 11.5 Å². The first kappa shape index (κ1) is 22.5. The van der Waals surface area contributed by atoms with Crippen molar-refractivity contribution < 1.29 is 29.7 Å². The van der Waals surface area contributed by atoms with E-state index in [0.29, 0.717) is 6.42 Å². The molecule has 2 atom stereocenters. The van der Waals surface area contributed by atoms with Crippen LogP contribution in [0.2, 0.25) is 0 Å². The van der Waals surface area contributed by atoms with Gasteiger partial charge in [0.1, 0.15) is 12.1 Å². The van der Waals surface area contributed by atoms with Gasteiger partial charge in [-0.3, -0.25) is 14.4 Å². The van der Waals surface area contributed by atoms with E-state index in [2.05, 4.69) is 11.1 Å². The molecule has 1 aliphatic heterocycles. The summed E-state index contributed by atoms with van der Waals surface area (Å²) in [5.41, 5.74) is 10.9. The topological polar surface area (TPSA) is 176 Å². The predicted octanol–water partition coefficient (Wildman–Crippen LogP) is -0.506. The maximum atomic E-state index is 10.4. The van der Waals surface area contributed by atoms with Gasteiger partial charge in [-0.1, -0.05) is 30.3 Å². The summed E-state index contributed by atoms with van der Waals surface area (Å²) >= 11 is 0. The lowest BCUT2D eigenvalue weighted by Gasteiger charge is -2.04. The number of nitrogens with two attached hydrogens (primary N) is 2. The highest BCUT2D eigenvalue weighted by molar-refractivity contribution is 5.74. The number of nitrogens with one attached hydrogen (secondary N) is 1. The Morgan fingerprint density at radius 1 is 1.16 bits per heavy atom. The Kier molecular flexibility index (Phi) is 11.6. The van der Waals surface area contributed by atoms with Crippen LogP contribution in [0.4, 0.5) is 0 Å². The Bertz CT molecular complexity index is 532. The summed E-state index contributed by atoms with van der Waals surface area (Å²) in [6.07, 6.45) is 2.17. The summed E-state index contributed by atoms with van der Waals surface area (Å²) in [4.78, 5) is 29.8. The van der Waals surface area contributed by atoms with Crippen LogP contribution >= 0.6 is 0 Å². The zero-order valence-electron chi connectivity index (χ0n) is 13.8. The lowest BCUT2D eigenvalue weighted by Crippen LogP contribution is -2.32. The molecule has 0 radical (unpaired) electrons. The summed E-state index contributed by atoms with van der Waals surface area (Å²) in [5, 5.41) is 27.3. The van der Waals surface area contributed by atoms with E-state index in [4.69, 9.17) is 21.1 Å². The third-order valence-corrected chi connectivity index (χ3v) is 3.15. The van der Waals surface area contributed by atoms with Crippen LogP contribution in [-0.4, -0.2) is 58.4 Å². The average Bonchev–Trinajstić information content (AvgIpc) is 3.11. The van der Waals surface area contributed by atoms with Gasteiger partial charge in [-0.2, -0.15) is 0 Å². The summed E-state index contributed by atoms with van der Waals surface area (Å²) in [6.45, 7) is 0.580. The van der Waals surface area contributed by atoms with E-state index in [9.17, 15) is 14.4 Å². The first-order chi connectivity index (χ1) is 11.8. The molecule has 1 heterocycles. The van der Waals surface area contributed by atoms with Crippen LogP contribution < -0.4 is 16.8 Å². The molecule has 1 aromatic carbocycles. The smallest absolute Gasteiger partial charge is 0.320 e. The largest absolute Gasteiger partial charge is 0.480 e. The highest BCUT2D eigenvalue weighted by atomic mass is 16.4. The fourth-order valence-electron chi connectivity index (χ4n) is 1.85. The van der Waals surface area contributed by atoms with Crippen LogP contribution in [-0.2, 0) is 20.8 Å². The van der Waals surface area contributed by atoms with E-state index in [-0.39, 0.29) is 12.6 Å². The Balaban J connectivity index is 0.000000382. The van der Waals surface area contributed by atoms with Crippen molar-refractivity contribution in [3.05, 3.63) is 35.9 Å². The first-order valence-electron chi connectivity index (χ1n) is 7.68. The first-order valence-corrected chi connectivity index (χ1v) is 7.68. The SMILES string of the molecule is NCC(=O)O.N[C@@H](Cc1ccccc1)C(=O)O.O=C(O)[C@@H]1CCCN1. The van der Waals surface area contributed by atoms with Crippen LogP contribution in [0.15, 0.2) is 30.3 Å². The Morgan fingerprint density at radius 2 is 1.72 bits per heavy atom. The molecule has 9 heteroatoms. The van der Waals surface area contributed by atoms with Gasteiger partial charge in [0, 0.05) is 0 Å². The van der Waals surface area contributed by atoms with Crippen LogP contribution in [0.25, 0.3) is 0 Å². The predicted molar refractivity (Wildman–Crippen MR) is 91.1 cm³/mol.